The summed E-state index contributed by atoms with van der Waals surface area (Å²) in [4.78, 5) is 9.99. The van der Waals surface area contributed by atoms with E-state index in [1.165, 1.54) is 12.1 Å². The van der Waals surface area contributed by atoms with Crippen LogP contribution >= 0.6 is 0 Å². The van der Waals surface area contributed by atoms with Crippen LogP contribution in [0.3, 0.4) is 0 Å². The van der Waals surface area contributed by atoms with Gasteiger partial charge in [0.2, 0.25) is 0 Å². The van der Waals surface area contributed by atoms with Crippen molar-refractivity contribution in [1.29, 1.82) is 0 Å². The number of rotatable bonds is 4. The SMILES string of the molecule is Nc1ccccc1CNc1cc(F)cc([N+](=O)[O-])c1. The molecule has 19 heavy (non-hydrogen) atoms. The Labute approximate surface area is 109 Å². The molecule has 0 radical (unpaired) electrons. The largest absolute Gasteiger partial charge is 0.398 e. The first kappa shape index (κ1) is 12.8. The van der Waals surface area contributed by atoms with Crippen LogP contribution in [0, 0.1) is 15.9 Å². The van der Waals surface area contributed by atoms with Crippen LogP contribution in [0.25, 0.3) is 0 Å². The molecule has 2 aromatic carbocycles. The lowest BCUT2D eigenvalue weighted by Gasteiger charge is -2.08. The van der Waals surface area contributed by atoms with Crippen LogP contribution in [0.15, 0.2) is 42.5 Å². The molecule has 6 heteroatoms. The molecule has 0 saturated heterocycles. The summed E-state index contributed by atoms with van der Waals surface area (Å²) in [5.74, 6) is -0.655. The molecule has 0 aliphatic heterocycles. The van der Waals surface area contributed by atoms with Gasteiger partial charge in [-0.15, -0.1) is 0 Å². The van der Waals surface area contributed by atoms with Gasteiger partial charge in [0.25, 0.3) is 5.69 Å². The summed E-state index contributed by atoms with van der Waals surface area (Å²) in [6, 6.07) is 10.6. The Kier molecular flexibility index (Phi) is 3.61. The van der Waals surface area contributed by atoms with Crippen LogP contribution in [0.2, 0.25) is 0 Å². The highest BCUT2D eigenvalue weighted by atomic mass is 19.1. The van der Waals surface area contributed by atoms with E-state index in [0.29, 0.717) is 17.9 Å². The van der Waals surface area contributed by atoms with Crippen LogP contribution in [0.5, 0.6) is 0 Å². The van der Waals surface area contributed by atoms with Crippen molar-refractivity contribution in [2.75, 3.05) is 11.1 Å². The normalized spacial score (nSPS) is 10.2. The van der Waals surface area contributed by atoms with Gasteiger partial charge in [0.05, 0.1) is 11.0 Å². The van der Waals surface area contributed by atoms with Gasteiger partial charge in [-0.05, 0) is 17.7 Å². The number of nitro groups is 1. The number of para-hydroxylation sites is 1. The second-order valence-corrected chi connectivity index (χ2v) is 4.01. The number of benzene rings is 2. The number of nitrogens with two attached hydrogens (primary N) is 1. The maximum absolute atomic E-state index is 13.2. The fourth-order valence-electron chi connectivity index (χ4n) is 1.67. The molecule has 0 aromatic heterocycles. The van der Waals surface area contributed by atoms with Gasteiger partial charge in [0.1, 0.15) is 5.82 Å². The van der Waals surface area contributed by atoms with Crippen molar-refractivity contribution in [3.63, 3.8) is 0 Å². The van der Waals surface area contributed by atoms with Crippen molar-refractivity contribution in [2.24, 2.45) is 0 Å². The van der Waals surface area contributed by atoms with E-state index in [2.05, 4.69) is 5.32 Å². The first-order valence-electron chi connectivity index (χ1n) is 5.58. The van der Waals surface area contributed by atoms with Crippen molar-refractivity contribution in [2.45, 2.75) is 6.54 Å². The molecule has 2 rings (SSSR count). The van der Waals surface area contributed by atoms with Crippen molar-refractivity contribution >= 4 is 17.1 Å². The summed E-state index contributed by atoms with van der Waals surface area (Å²) in [5.41, 5.74) is 7.28. The van der Waals surface area contributed by atoms with Gasteiger partial charge >= 0.3 is 0 Å². The molecule has 2 aromatic rings. The van der Waals surface area contributed by atoms with Gasteiger partial charge in [-0.2, -0.15) is 0 Å². The highest BCUT2D eigenvalue weighted by molar-refractivity contribution is 5.54. The molecule has 0 spiro atoms. The van der Waals surface area contributed by atoms with Crippen molar-refractivity contribution in [3.8, 4) is 0 Å². The fraction of sp³-hybridized carbons (Fsp3) is 0.0769. The summed E-state index contributed by atoms with van der Waals surface area (Å²) in [7, 11) is 0. The smallest absolute Gasteiger partial charge is 0.274 e. The molecule has 0 unspecified atom stereocenters. The van der Waals surface area contributed by atoms with Crippen LogP contribution < -0.4 is 11.1 Å². The molecule has 5 nitrogen and oxygen atoms in total. The Morgan fingerprint density at radius 2 is 2.00 bits per heavy atom. The zero-order valence-corrected chi connectivity index (χ0v) is 9.97. The minimum Gasteiger partial charge on any atom is -0.398 e. The standard InChI is InChI=1S/C13H12FN3O2/c14-10-5-11(7-12(6-10)17(18)19)16-8-9-3-1-2-4-13(9)15/h1-7,16H,8,15H2. The summed E-state index contributed by atoms with van der Waals surface area (Å²) in [6.07, 6.45) is 0. The summed E-state index contributed by atoms with van der Waals surface area (Å²) < 4.78 is 13.2. The molecular formula is C13H12FN3O2. The Bertz CT molecular complexity index is 617. The van der Waals surface area contributed by atoms with E-state index >= 15 is 0 Å². The van der Waals surface area contributed by atoms with E-state index < -0.39 is 10.7 Å². The minimum absolute atomic E-state index is 0.288. The number of nitro benzene ring substituents is 1. The molecule has 0 fully saturated rings. The number of hydrogen-bond donors (Lipinski definition) is 2. The number of anilines is 2. The Balaban J connectivity index is 2.16. The minimum atomic E-state index is -0.655. The monoisotopic (exact) mass is 261 g/mol. The van der Waals surface area contributed by atoms with Crippen molar-refractivity contribution in [3.05, 3.63) is 64.0 Å². The Morgan fingerprint density at radius 1 is 1.26 bits per heavy atom. The van der Waals surface area contributed by atoms with Crippen LogP contribution in [0.1, 0.15) is 5.56 Å². The van der Waals surface area contributed by atoms with Gasteiger partial charge in [-0.1, -0.05) is 18.2 Å². The second kappa shape index (κ2) is 5.34. The van der Waals surface area contributed by atoms with Crippen molar-refractivity contribution < 1.29 is 9.31 Å². The van der Waals surface area contributed by atoms with E-state index in [1.54, 1.807) is 6.07 Å². The third-order valence-corrected chi connectivity index (χ3v) is 2.63. The molecule has 0 heterocycles. The van der Waals surface area contributed by atoms with Crippen molar-refractivity contribution in [1.82, 2.24) is 0 Å². The van der Waals surface area contributed by atoms with E-state index in [1.807, 2.05) is 18.2 Å². The molecule has 0 bridgehead atoms. The molecule has 0 atom stereocenters. The quantitative estimate of drug-likeness (QED) is 0.503. The van der Waals surface area contributed by atoms with Crippen LogP contribution in [-0.4, -0.2) is 4.92 Å². The zero-order valence-electron chi connectivity index (χ0n) is 9.97. The lowest BCUT2D eigenvalue weighted by molar-refractivity contribution is -0.385. The summed E-state index contributed by atoms with van der Waals surface area (Å²) in [5, 5.41) is 13.5. The zero-order chi connectivity index (χ0) is 13.8. The number of non-ortho nitro benzene ring substituents is 1. The summed E-state index contributed by atoms with van der Waals surface area (Å²) in [6.45, 7) is 0.368. The highest BCUT2D eigenvalue weighted by Crippen LogP contribution is 2.21. The number of nitrogens with zero attached hydrogens (tertiary/aromatic N) is 1. The average Bonchev–Trinajstić information content (AvgIpc) is 2.37. The maximum Gasteiger partial charge on any atom is 0.274 e. The van der Waals surface area contributed by atoms with Gasteiger partial charge in [-0.25, -0.2) is 4.39 Å². The van der Waals surface area contributed by atoms with Gasteiger partial charge in [-0.3, -0.25) is 10.1 Å². The Morgan fingerprint density at radius 3 is 2.68 bits per heavy atom. The predicted molar refractivity (Wildman–Crippen MR) is 71.2 cm³/mol. The van der Waals surface area contributed by atoms with Gasteiger partial charge in [0.15, 0.2) is 0 Å². The number of nitrogen functional groups attached to an aromatic ring is 1. The number of halogens is 1. The van der Waals surface area contributed by atoms with E-state index in [0.717, 1.165) is 11.6 Å². The first-order chi connectivity index (χ1) is 9.06. The van der Waals surface area contributed by atoms with Crippen LogP contribution in [0.4, 0.5) is 21.5 Å². The fourth-order valence-corrected chi connectivity index (χ4v) is 1.67. The molecule has 3 N–H and O–H groups in total. The van der Waals surface area contributed by atoms with E-state index in [-0.39, 0.29) is 5.69 Å². The molecular weight excluding hydrogens is 249 g/mol. The molecule has 0 saturated carbocycles. The number of nitrogens with one attached hydrogen (secondary N) is 1. The lowest BCUT2D eigenvalue weighted by atomic mass is 10.2. The highest BCUT2D eigenvalue weighted by Gasteiger charge is 2.09. The molecule has 98 valence electrons. The van der Waals surface area contributed by atoms with Gasteiger partial charge in [0, 0.05) is 24.0 Å². The first-order valence-corrected chi connectivity index (χ1v) is 5.58. The Hall–Kier alpha value is -2.63. The molecule has 0 amide bonds. The number of hydrogen-bond acceptors (Lipinski definition) is 4. The van der Waals surface area contributed by atoms with Crippen LogP contribution in [-0.2, 0) is 6.54 Å². The second-order valence-electron chi connectivity index (χ2n) is 4.01. The third-order valence-electron chi connectivity index (χ3n) is 2.63. The predicted octanol–water partition coefficient (Wildman–Crippen LogP) is 2.93. The average molecular weight is 261 g/mol. The summed E-state index contributed by atoms with van der Waals surface area (Å²) >= 11 is 0. The third kappa shape index (κ3) is 3.19. The lowest BCUT2D eigenvalue weighted by Crippen LogP contribution is -2.03. The topological polar surface area (TPSA) is 81.2 Å². The maximum atomic E-state index is 13.2. The van der Waals surface area contributed by atoms with E-state index in [9.17, 15) is 14.5 Å². The molecule has 0 aliphatic carbocycles. The molecule has 0 aliphatic rings. The van der Waals surface area contributed by atoms with Gasteiger partial charge < -0.3 is 11.1 Å². The van der Waals surface area contributed by atoms with E-state index in [4.69, 9.17) is 5.73 Å².